The van der Waals surface area contributed by atoms with Crippen LogP contribution in [0.1, 0.15) is 20.8 Å². The lowest BCUT2D eigenvalue weighted by Gasteiger charge is -2.42. The lowest BCUT2D eigenvalue weighted by Crippen LogP contribution is -2.58. The average molecular weight is 274 g/mol. The smallest absolute Gasteiger partial charge is 0.177 e. The van der Waals surface area contributed by atoms with E-state index in [-0.39, 0.29) is 6.10 Å². The van der Waals surface area contributed by atoms with Gasteiger partial charge in [0, 0.05) is 0 Å². The summed E-state index contributed by atoms with van der Waals surface area (Å²) in [7, 11) is 0. The summed E-state index contributed by atoms with van der Waals surface area (Å²) in [5.74, 6) is 0. The minimum atomic E-state index is -0.926. The Labute approximate surface area is 112 Å². The second kappa shape index (κ2) is 5.87. The van der Waals surface area contributed by atoms with Crippen molar-refractivity contribution in [1.29, 1.82) is 0 Å². The summed E-state index contributed by atoms with van der Waals surface area (Å²) in [6.45, 7) is 5.19. The highest BCUT2D eigenvalue weighted by atomic mass is 16.7. The van der Waals surface area contributed by atoms with Gasteiger partial charge in [0.1, 0.15) is 18.3 Å². The van der Waals surface area contributed by atoms with E-state index < -0.39 is 42.9 Å². The van der Waals surface area contributed by atoms with Crippen LogP contribution in [0.5, 0.6) is 0 Å². The fourth-order valence-corrected chi connectivity index (χ4v) is 2.33. The molecule has 110 valence electrons. The molecule has 3 N–H and O–H groups in total. The first-order chi connectivity index (χ1) is 8.90. The van der Waals surface area contributed by atoms with E-state index in [0.717, 1.165) is 0 Å². The van der Waals surface area contributed by atoms with Crippen molar-refractivity contribution in [3.63, 3.8) is 0 Å². The topological polar surface area (TPSA) is 88.4 Å². The molecule has 0 aromatic heterocycles. The molecule has 2 aliphatic rings. The second-order valence-corrected chi connectivity index (χ2v) is 5.21. The van der Waals surface area contributed by atoms with Gasteiger partial charge in [-0.1, -0.05) is 6.08 Å². The van der Waals surface area contributed by atoms with Crippen molar-refractivity contribution in [2.45, 2.75) is 69.8 Å². The van der Waals surface area contributed by atoms with Crippen LogP contribution in [0.4, 0.5) is 0 Å². The Bertz CT molecular complexity index is 319. The molecule has 2 heterocycles. The van der Waals surface area contributed by atoms with Crippen LogP contribution >= 0.6 is 0 Å². The number of hydrogen-bond acceptors (Lipinski definition) is 6. The Hall–Kier alpha value is -0.500. The van der Waals surface area contributed by atoms with Crippen LogP contribution < -0.4 is 0 Å². The van der Waals surface area contributed by atoms with Crippen LogP contribution in [-0.2, 0) is 14.2 Å². The van der Waals surface area contributed by atoms with Gasteiger partial charge in [-0.15, -0.1) is 0 Å². The van der Waals surface area contributed by atoms with Crippen LogP contribution in [0.2, 0.25) is 0 Å². The largest absolute Gasteiger partial charge is 0.388 e. The maximum Gasteiger partial charge on any atom is 0.177 e. The van der Waals surface area contributed by atoms with Crippen molar-refractivity contribution in [2.75, 3.05) is 0 Å². The molecular formula is C13H22O6. The first-order valence-corrected chi connectivity index (χ1v) is 6.59. The highest BCUT2D eigenvalue weighted by molar-refractivity contribution is 5.00. The molecule has 1 saturated heterocycles. The van der Waals surface area contributed by atoms with E-state index in [9.17, 15) is 15.3 Å². The van der Waals surface area contributed by atoms with Crippen LogP contribution in [-0.4, -0.2) is 64.3 Å². The zero-order valence-electron chi connectivity index (χ0n) is 11.3. The molecule has 1 fully saturated rings. The van der Waals surface area contributed by atoms with Crippen molar-refractivity contribution < 1.29 is 29.5 Å². The third kappa shape index (κ3) is 3.16. The Balaban J connectivity index is 2.02. The molecule has 8 atom stereocenters. The normalized spacial score (nSPS) is 51.3. The molecule has 0 saturated carbocycles. The van der Waals surface area contributed by atoms with Crippen molar-refractivity contribution >= 4 is 0 Å². The van der Waals surface area contributed by atoms with Crippen molar-refractivity contribution in [3.05, 3.63) is 12.2 Å². The minimum absolute atomic E-state index is 0.390. The first kappa shape index (κ1) is 14.9. The quantitative estimate of drug-likeness (QED) is 0.592. The Kier molecular flexibility index (Phi) is 4.60. The molecule has 0 bridgehead atoms. The van der Waals surface area contributed by atoms with Crippen molar-refractivity contribution in [2.24, 2.45) is 0 Å². The highest BCUT2D eigenvalue weighted by Crippen LogP contribution is 2.26. The van der Waals surface area contributed by atoms with Crippen LogP contribution in [0.25, 0.3) is 0 Å². The summed E-state index contributed by atoms with van der Waals surface area (Å²) in [6, 6.07) is 0. The zero-order valence-corrected chi connectivity index (χ0v) is 11.3. The predicted octanol–water partition coefficient (Wildman–Crippen LogP) is -0.438. The highest BCUT2D eigenvalue weighted by Gasteiger charge is 2.43. The molecule has 0 aliphatic carbocycles. The van der Waals surface area contributed by atoms with Gasteiger partial charge >= 0.3 is 0 Å². The van der Waals surface area contributed by atoms with E-state index in [1.165, 1.54) is 0 Å². The zero-order chi connectivity index (χ0) is 14.2. The van der Waals surface area contributed by atoms with Crippen LogP contribution in [0.3, 0.4) is 0 Å². The average Bonchev–Trinajstić information content (AvgIpc) is 2.36. The van der Waals surface area contributed by atoms with E-state index in [0.29, 0.717) is 0 Å². The lowest BCUT2D eigenvalue weighted by atomic mass is 9.96. The maximum atomic E-state index is 10.0. The van der Waals surface area contributed by atoms with Gasteiger partial charge in [0.2, 0.25) is 0 Å². The van der Waals surface area contributed by atoms with Gasteiger partial charge in [-0.25, -0.2) is 0 Å². The SMILES string of the molecule is CC1OC(O[C@@H]2[C@H](O)C(C)OC(C)[C@@H]2O)C=C[C@H]1O. The molecule has 19 heavy (non-hydrogen) atoms. The molecule has 0 spiro atoms. The maximum absolute atomic E-state index is 10.0. The minimum Gasteiger partial charge on any atom is -0.388 e. The Morgan fingerprint density at radius 3 is 1.95 bits per heavy atom. The number of ether oxygens (including phenoxy) is 3. The second-order valence-electron chi connectivity index (χ2n) is 5.21. The first-order valence-electron chi connectivity index (χ1n) is 6.59. The monoisotopic (exact) mass is 274 g/mol. The van der Waals surface area contributed by atoms with Crippen molar-refractivity contribution in [1.82, 2.24) is 0 Å². The molecule has 0 aromatic rings. The summed E-state index contributed by atoms with van der Waals surface area (Å²) in [4.78, 5) is 0. The number of rotatable bonds is 2. The van der Waals surface area contributed by atoms with Gasteiger partial charge in [0.25, 0.3) is 0 Å². The van der Waals surface area contributed by atoms with E-state index in [1.54, 1.807) is 32.9 Å². The number of aliphatic hydroxyl groups is 3. The van der Waals surface area contributed by atoms with Gasteiger partial charge < -0.3 is 29.5 Å². The fourth-order valence-electron chi connectivity index (χ4n) is 2.33. The van der Waals surface area contributed by atoms with Crippen LogP contribution in [0.15, 0.2) is 12.2 Å². The van der Waals surface area contributed by atoms with Gasteiger partial charge in [0.05, 0.1) is 24.4 Å². The molecule has 6 heteroatoms. The Morgan fingerprint density at radius 2 is 1.42 bits per heavy atom. The van der Waals surface area contributed by atoms with Gasteiger partial charge in [-0.3, -0.25) is 0 Å². The van der Waals surface area contributed by atoms with Gasteiger partial charge in [-0.2, -0.15) is 0 Å². The molecule has 2 rings (SSSR count). The van der Waals surface area contributed by atoms with E-state index in [1.807, 2.05) is 0 Å². The van der Waals surface area contributed by atoms with E-state index in [2.05, 4.69) is 0 Å². The van der Waals surface area contributed by atoms with Gasteiger partial charge in [0.15, 0.2) is 6.29 Å². The molecule has 4 unspecified atom stereocenters. The number of aliphatic hydroxyl groups excluding tert-OH is 3. The summed E-state index contributed by atoms with van der Waals surface area (Å²) in [5.41, 5.74) is 0. The van der Waals surface area contributed by atoms with E-state index in [4.69, 9.17) is 14.2 Å². The Morgan fingerprint density at radius 1 is 0.842 bits per heavy atom. The summed E-state index contributed by atoms with van der Waals surface area (Å²) in [6.07, 6.45) is -2.05. The molecule has 0 radical (unpaired) electrons. The molecule has 6 nitrogen and oxygen atoms in total. The fraction of sp³-hybridized carbons (Fsp3) is 0.846. The predicted molar refractivity (Wildman–Crippen MR) is 66.4 cm³/mol. The third-order valence-electron chi connectivity index (χ3n) is 3.65. The third-order valence-corrected chi connectivity index (χ3v) is 3.65. The summed E-state index contributed by atoms with van der Waals surface area (Å²) < 4.78 is 16.5. The van der Waals surface area contributed by atoms with Crippen molar-refractivity contribution in [3.8, 4) is 0 Å². The molecular weight excluding hydrogens is 252 g/mol. The lowest BCUT2D eigenvalue weighted by molar-refractivity contribution is -0.272. The molecule has 0 aromatic carbocycles. The molecule has 2 aliphatic heterocycles. The van der Waals surface area contributed by atoms with Gasteiger partial charge in [-0.05, 0) is 26.8 Å². The standard InChI is InChI=1S/C13H22O6/c1-6-9(14)4-5-10(18-6)19-13-11(15)7(2)17-8(3)12(13)16/h4-16H,1-3H3/t6?,7?,8?,9-,10?,11-,12+,13-/m1/s1. The molecule has 0 amide bonds. The van der Waals surface area contributed by atoms with Crippen LogP contribution in [0, 0.1) is 0 Å². The van der Waals surface area contributed by atoms with E-state index >= 15 is 0 Å². The summed E-state index contributed by atoms with van der Waals surface area (Å²) in [5, 5.41) is 29.6. The number of hydrogen-bond donors (Lipinski definition) is 3. The summed E-state index contributed by atoms with van der Waals surface area (Å²) >= 11 is 0.